The van der Waals surface area contributed by atoms with Crippen molar-refractivity contribution in [1.82, 2.24) is 9.80 Å². The summed E-state index contributed by atoms with van der Waals surface area (Å²) in [5.41, 5.74) is 0. The maximum Gasteiger partial charge on any atom is 0.311 e. The highest BCUT2D eigenvalue weighted by Crippen LogP contribution is 2.65. The molecule has 2 saturated heterocycles. The van der Waals surface area contributed by atoms with Gasteiger partial charge in [-0.3, -0.25) is 14.4 Å². The molecule has 1 N–H and O–H groups in total. The number of likely N-dealkylation sites (tertiary alicyclic amines) is 1. The van der Waals surface area contributed by atoms with Crippen molar-refractivity contribution in [2.75, 3.05) is 26.3 Å². The zero-order valence-electron chi connectivity index (χ0n) is 20.6. The van der Waals surface area contributed by atoms with Crippen LogP contribution in [-0.4, -0.2) is 80.6 Å². The van der Waals surface area contributed by atoms with Crippen molar-refractivity contribution in [1.29, 1.82) is 0 Å². The van der Waals surface area contributed by atoms with Crippen molar-refractivity contribution >= 4 is 29.5 Å². The van der Waals surface area contributed by atoms with Crippen LogP contribution in [0.5, 0.6) is 0 Å². The first-order valence-electron chi connectivity index (χ1n) is 12.7. The number of rotatable bonds is 6. The van der Waals surface area contributed by atoms with Gasteiger partial charge in [-0.05, 0) is 59.3 Å². The van der Waals surface area contributed by atoms with E-state index in [0.717, 1.165) is 25.7 Å². The minimum absolute atomic E-state index is 0.00486. The number of hydrogen-bond acceptors (Lipinski definition) is 6. The summed E-state index contributed by atoms with van der Waals surface area (Å²) >= 11 is 1.60. The Kier molecular flexibility index (Phi) is 7.48. The number of thioether (sulfide) groups is 1. The molecule has 5 atom stereocenters. The van der Waals surface area contributed by atoms with Gasteiger partial charge in [0.2, 0.25) is 11.8 Å². The molecule has 4 aliphatic rings. The van der Waals surface area contributed by atoms with E-state index in [1.165, 1.54) is 0 Å². The summed E-state index contributed by atoms with van der Waals surface area (Å²) in [6.07, 6.45) is 13.1. The lowest BCUT2D eigenvalue weighted by Gasteiger charge is -2.38. The standard InChI is InChI=1S/C26H38N2O5S/c1-18(2)27-15-11-13-26-19(22(30)28(21(26)23(27)31)14-8-6-9-16-29)20-24(32)33-17-10-5-4-7-12-25(20,3)34-26/h7,11-13,18-21,29H,4-6,8-10,14-17H2,1-3H3/b12-7-/t19-,20-,21?,25+,26-/m0/s1. The van der Waals surface area contributed by atoms with Crippen molar-refractivity contribution in [3.8, 4) is 0 Å². The smallest absolute Gasteiger partial charge is 0.311 e. The Hall–Kier alpha value is -1.80. The van der Waals surface area contributed by atoms with Crippen LogP contribution in [0.2, 0.25) is 0 Å². The van der Waals surface area contributed by atoms with Crippen LogP contribution in [0.1, 0.15) is 59.3 Å². The number of fused-ring (bicyclic) bond motifs is 2. The van der Waals surface area contributed by atoms with Crippen LogP contribution >= 0.6 is 11.8 Å². The highest BCUT2D eigenvalue weighted by Gasteiger charge is 2.73. The number of aliphatic hydroxyl groups is 1. The summed E-state index contributed by atoms with van der Waals surface area (Å²) in [4.78, 5) is 45.1. The molecule has 0 aliphatic carbocycles. The largest absolute Gasteiger partial charge is 0.465 e. The van der Waals surface area contributed by atoms with Crippen LogP contribution < -0.4 is 0 Å². The van der Waals surface area contributed by atoms with Crippen molar-refractivity contribution in [2.24, 2.45) is 11.8 Å². The predicted molar refractivity (Wildman–Crippen MR) is 132 cm³/mol. The summed E-state index contributed by atoms with van der Waals surface area (Å²) < 4.78 is 4.25. The molecule has 1 unspecified atom stereocenters. The Bertz CT molecular complexity index is 873. The molecule has 1 spiro atoms. The van der Waals surface area contributed by atoms with Crippen LogP contribution in [0, 0.1) is 11.8 Å². The monoisotopic (exact) mass is 490 g/mol. The Labute approximate surface area is 206 Å². The van der Waals surface area contributed by atoms with Gasteiger partial charge in [-0.15, -0.1) is 11.8 Å². The van der Waals surface area contributed by atoms with E-state index in [-0.39, 0.29) is 30.4 Å². The van der Waals surface area contributed by atoms with Crippen molar-refractivity contribution in [2.45, 2.75) is 80.9 Å². The Balaban J connectivity index is 1.79. The van der Waals surface area contributed by atoms with Crippen molar-refractivity contribution in [3.63, 3.8) is 0 Å². The van der Waals surface area contributed by atoms with E-state index in [0.29, 0.717) is 32.5 Å². The SMILES string of the molecule is CC(C)N1CC=C[C@]23S[C@]4(C)/C=C\CCCCOC(=O)[C@@H]4[C@H]2C(=O)N(CCCCCO)C3C1=O. The molecule has 2 fully saturated rings. The van der Waals surface area contributed by atoms with Crippen LogP contribution in [0.4, 0.5) is 0 Å². The zero-order valence-corrected chi connectivity index (χ0v) is 21.4. The quantitative estimate of drug-likeness (QED) is 0.350. The van der Waals surface area contributed by atoms with E-state index in [2.05, 4.69) is 18.2 Å². The van der Waals surface area contributed by atoms with Gasteiger partial charge in [0.05, 0.1) is 23.2 Å². The third kappa shape index (κ3) is 4.21. The summed E-state index contributed by atoms with van der Waals surface area (Å²) in [6, 6.07) is -0.647. The second kappa shape index (κ2) is 10.1. The molecule has 0 radical (unpaired) electrons. The fraction of sp³-hybridized carbons (Fsp3) is 0.731. The molecule has 4 heterocycles. The van der Waals surface area contributed by atoms with E-state index in [1.807, 2.05) is 31.7 Å². The van der Waals surface area contributed by atoms with Gasteiger partial charge in [0.15, 0.2) is 0 Å². The summed E-state index contributed by atoms with van der Waals surface area (Å²) in [7, 11) is 0. The van der Waals surface area contributed by atoms with Gasteiger partial charge >= 0.3 is 5.97 Å². The maximum absolute atomic E-state index is 14.1. The maximum atomic E-state index is 14.1. The number of nitrogens with zero attached hydrogens (tertiary/aromatic N) is 2. The molecule has 34 heavy (non-hydrogen) atoms. The minimum atomic E-state index is -0.814. The molecule has 8 heteroatoms. The summed E-state index contributed by atoms with van der Waals surface area (Å²) in [5, 5.41) is 9.17. The third-order valence-electron chi connectivity index (χ3n) is 7.71. The second-order valence-corrected chi connectivity index (χ2v) is 12.2. The number of unbranched alkanes of at least 4 members (excludes halogenated alkanes) is 2. The first kappa shape index (κ1) is 25.3. The number of amides is 2. The van der Waals surface area contributed by atoms with Gasteiger partial charge in [-0.1, -0.05) is 24.3 Å². The molecule has 188 valence electrons. The first-order chi connectivity index (χ1) is 16.3. The van der Waals surface area contributed by atoms with Crippen molar-refractivity contribution < 1.29 is 24.2 Å². The summed E-state index contributed by atoms with van der Waals surface area (Å²) in [6.45, 7) is 7.43. The van der Waals surface area contributed by atoms with Crippen LogP contribution in [0.25, 0.3) is 0 Å². The molecule has 4 aliphatic heterocycles. The number of carbonyl (C=O) groups excluding carboxylic acids is 3. The number of cyclic esters (lactones) is 1. The number of allylic oxidation sites excluding steroid dienone is 1. The molecule has 0 saturated carbocycles. The van der Waals surface area contributed by atoms with Crippen LogP contribution in [-0.2, 0) is 19.1 Å². The molecule has 7 nitrogen and oxygen atoms in total. The van der Waals surface area contributed by atoms with Gasteiger partial charge in [-0.25, -0.2) is 0 Å². The molecular weight excluding hydrogens is 452 g/mol. The van der Waals surface area contributed by atoms with Gasteiger partial charge in [0, 0.05) is 30.5 Å². The number of ether oxygens (including phenoxy) is 1. The van der Waals surface area contributed by atoms with E-state index in [4.69, 9.17) is 4.74 Å². The molecule has 0 aromatic carbocycles. The highest BCUT2D eigenvalue weighted by atomic mass is 32.2. The Morgan fingerprint density at radius 1 is 1.09 bits per heavy atom. The molecular formula is C26H38N2O5S. The molecule has 2 amide bonds. The topological polar surface area (TPSA) is 87.2 Å². The Morgan fingerprint density at radius 2 is 1.88 bits per heavy atom. The van der Waals surface area contributed by atoms with Crippen LogP contribution in [0.15, 0.2) is 24.3 Å². The minimum Gasteiger partial charge on any atom is -0.465 e. The first-order valence-corrected chi connectivity index (χ1v) is 13.5. The van der Waals surface area contributed by atoms with E-state index >= 15 is 0 Å². The molecule has 0 aromatic rings. The zero-order chi connectivity index (χ0) is 24.5. The van der Waals surface area contributed by atoms with E-state index in [9.17, 15) is 19.5 Å². The lowest BCUT2D eigenvalue weighted by molar-refractivity contribution is -0.154. The summed E-state index contributed by atoms with van der Waals surface area (Å²) in [5.74, 6) is -1.79. The van der Waals surface area contributed by atoms with Crippen LogP contribution in [0.3, 0.4) is 0 Å². The molecule has 0 aromatic heterocycles. The molecule has 0 bridgehead atoms. The lowest BCUT2D eigenvalue weighted by Crippen LogP contribution is -2.54. The lowest BCUT2D eigenvalue weighted by atomic mass is 9.74. The van der Waals surface area contributed by atoms with Gasteiger partial charge in [-0.2, -0.15) is 0 Å². The Morgan fingerprint density at radius 3 is 2.62 bits per heavy atom. The fourth-order valence-corrected chi connectivity index (χ4v) is 8.24. The number of esters is 1. The van der Waals surface area contributed by atoms with Gasteiger partial charge in [0.1, 0.15) is 6.04 Å². The van der Waals surface area contributed by atoms with Crippen molar-refractivity contribution in [3.05, 3.63) is 24.3 Å². The fourth-order valence-electron chi connectivity index (χ4n) is 6.09. The third-order valence-corrected chi connectivity index (χ3v) is 9.51. The highest BCUT2D eigenvalue weighted by molar-refractivity contribution is 8.02. The van der Waals surface area contributed by atoms with E-state index < -0.39 is 27.4 Å². The van der Waals surface area contributed by atoms with E-state index in [1.54, 1.807) is 16.7 Å². The average molecular weight is 491 g/mol. The van der Waals surface area contributed by atoms with Gasteiger partial charge < -0.3 is 19.6 Å². The number of carbonyl (C=O) groups is 3. The predicted octanol–water partition coefficient (Wildman–Crippen LogP) is 2.93. The second-order valence-electron chi connectivity index (χ2n) is 10.4. The number of aliphatic hydroxyl groups excluding tert-OH is 1. The normalized spacial score (nSPS) is 36.7. The van der Waals surface area contributed by atoms with Gasteiger partial charge in [0.25, 0.3) is 0 Å². The molecule has 4 rings (SSSR count). The number of hydrogen-bond donors (Lipinski definition) is 1. The average Bonchev–Trinajstić information content (AvgIpc) is 3.10.